The maximum atomic E-state index is 4.52. The summed E-state index contributed by atoms with van der Waals surface area (Å²) in [5.74, 6) is 2.46. The van der Waals surface area contributed by atoms with E-state index in [9.17, 15) is 0 Å². The van der Waals surface area contributed by atoms with Crippen LogP contribution in [-0.4, -0.2) is 46.9 Å². The molecule has 2 aromatic rings. The minimum atomic E-state index is 0.566. The molecule has 0 saturated carbocycles. The number of hydrogen-bond donors (Lipinski definition) is 2. The summed E-state index contributed by atoms with van der Waals surface area (Å²) in [5.41, 5.74) is 0.992. The zero-order valence-corrected chi connectivity index (χ0v) is 14.4. The highest BCUT2D eigenvalue weighted by atomic mass is 32.1. The number of rotatable bonds is 5. The zero-order chi connectivity index (χ0) is 16.1. The highest BCUT2D eigenvalue weighted by Gasteiger charge is 2.07. The molecule has 8 nitrogen and oxygen atoms in total. The van der Waals surface area contributed by atoms with Crippen molar-refractivity contribution >= 4 is 22.4 Å². The molecule has 0 aromatic carbocycles. The van der Waals surface area contributed by atoms with Gasteiger partial charge in [-0.05, 0) is 6.92 Å². The number of nitrogens with one attached hydrogen (secondary N) is 2. The van der Waals surface area contributed by atoms with E-state index in [-0.39, 0.29) is 0 Å². The lowest BCUT2D eigenvalue weighted by atomic mass is 10.5. The SMILES string of the molecule is CN=C(NCc1csc(N(C)C)n1)NCc1nnc(C)n1C. The highest BCUT2D eigenvalue weighted by Crippen LogP contribution is 2.17. The zero-order valence-electron chi connectivity index (χ0n) is 13.6. The van der Waals surface area contributed by atoms with Crippen molar-refractivity contribution in [2.75, 3.05) is 26.0 Å². The monoisotopic (exact) mass is 322 g/mol. The summed E-state index contributed by atoms with van der Waals surface area (Å²) < 4.78 is 1.95. The molecule has 0 fully saturated rings. The molecule has 0 saturated heterocycles. The van der Waals surface area contributed by atoms with Crippen molar-refractivity contribution in [2.45, 2.75) is 20.0 Å². The Labute approximate surface area is 134 Å². The minimum absolute atomic E-state index is 0.566. The van der Waals surface area contributed by atoms with Crippen molar-refractivity contribution in [1.29, 1.82) is 0 Å². The molecule has 0 spiro atoms. The van der Waals surface area contributed by atoms with Gasteiger partial charge >= 0.3 is 0 Å². The van der Waals surface area contributed by atoms with E-state index in [4.69, 9.17) is 0 Å². The average Bonchev–Trinajstić information content (AvgIpc) is 3.09. The fourth-order valence-electron chi connectivity index (χ4n) is 1.75. The van der Waals surface area contributed by atoms with Crippen molar-refractivity contribution in [2.24, 2.45) is 12.0 Å². The van der Waals surface area contributed by atoms with E-state index in [1.54, 1.807) is 18.4 Å². The molecule has 0 aliphatic rings. The largest absolute Gasteiger partial charge is 0.354 e. The Balaban J connectivity index is 1.86. The van der Waals surface area contributed by atoms with E-state index >= 15 is 0 Å². The molecule has 0 atom stereocenters. The lowest BCUT2D eigenvalue weighted by Crippen LogP contribution is -2.37. The number of aryl methyl sites for hydroxylation is 1. The van der Waals surface area contributed by atoms with Crippen LogP contribution in [-0.2, 0) is 20.1 Å². The summed E-state index contributed by atoms with van der Waals surface area (Å²) in [5, 5.41) is 17.6. The van der Waals surface area contributed by atoms with Crippen LogP contribution in [0.1, 0.15) is 17.3 Å². The molecule has 9 heteroatoms. The van der Waals surface area contributed by atoms with Gasteiger partial charge in [-0.1, -0.05) is 0 Å². The fourth-order valence-corrected chi connectivity index (χ4v) is 2.50. The van der Waals surface area contributed by atoms with Gasteiger partial charge in [0.25, 0.3) is 0 Å². The van der Waals surface area contributed by atoms with Crippen LogP contribution in [0.25, 0.3) is 0 Å². The normalized spacial score (nSPS) is 11.6. The molecular weight excluding hydrogens is 300 g/mol. The number of aliphatic imine (C=N–C) groups is 1. The van der Waals surface area contributed by atoms with Gasteiger partial charge in [0.1, 0.15) is 5.82 Å². The number of nitrogens with zero attached hydrogens (tertiary/aromatic N) is 6. The van der Waals surface area contributed by atoms with Crippen LogP contribution in [0.15, 0.2) is 10.4 Å². The van der Waals surface area contributed by atoms with E-state index in [2.05, 4.69) is 30.8 Å². The van der Waals surface area contributed by atoms with Crippen LogP contribution < -0.4 is 15.5 Å². The number of hydrogen-bond acceptors (Lipinski definition) is 6. The first kappa shape index (κ1) is 16.2. The number of aromatic nitrogens is 4. The third-order valence-electron chi connectivity index (χ3n) is 3.18. The van der Waals surface area contributed by atoms with E-state index in [1.165, 1.54) is 0 Å². The molecule has 0 aliphatic carbocycles. The van der Waals surface area contributed by atoms with E-state index in [1.807, 2.05) is 42.9 Å². The van der Waals surface area contributed by atoms with Gasteiger partial charge in [-0.3, -0.25) is 4.99 Å². The Morgan fingerprint density at radius 2 is 2.05 bits per heavy atom. The second-order valence-electron chi connectivity index (χ2n) is 5.02. The van der Waals surface area contributed by atoms with Crippen LogP contribution in [0, 0.1) is 6.92 Å². The topological polar surface area (TPSA) is 83.3 Å². The predicted molar refractivity (Wildman–Crippen MR) is 89.2 cm³/mol. The molecule has 2 heterocycles. The second kappa shape index (κ2) is 7.21. The van der Waals surface area contributed by atoms with Crippen LogP contribution >= 0.6 is 11.3 Å². The van der Waals surface area contributed by atoms with Crippen molar-refractivity contribution in [1.82, 2.24) is 30.4 Å². The summed E-state index contributed by atoms with van der Waals surface area (Å²) in [4.78, 5) is 10.7. The van der Waals surface area contributed by atoms with Gasteiger partial charge in [0.15, 0.2) is 16.9 Å². The van der Waals surface area contributed by atoms with Crippen LogP contribution in [0.3, 0.4) is 0 Å². The molecule has 2 rings (SSSR count). The predicted octanol–water partition coefficient (Wildman–Crippen LogP) is 0.511. The first-order chi connectivity index (χ1) is 10.5. The summed E-state index contributed by atoms with van der Waals surface area (Å²) in [6.07, 6.45) is 0. The smallest absolute Gasteiger partial charge is 0.191 e. The third kappa shape index (κ3) is 3.94. The Morgan fingerprint density at radius 1 is 1.32 bits per heavy atom. The van der Waals surface area contributed by atoms with E-state index in [0.29, 0.717) is 19.0 Å². The standard InChI is InChI=1S/C13H22N8S/c1-9-18-19-11(21(9)5)7-16-12(14-2)15-6-10-8-22-13(17-10)20(3)4/h8H,6-7H2,1-5H3,(H2,14,15,16). The Morgan fingerprint density at radius 3 is 2.59 bits per heavy atom. The first-order valence-corrected chi connectivity index (χ1v) is 7.80. The second-order valence-corrected chi connectivity index (χ2v) is 5.85. The molecule has 120 valence electrons. The van der Waals surface area contributed by atoms with Gasteiger partial charge in [-0.25, -0.2) is 4.98 Å². The van der Waals surface area contributed by atoms with Gasteiger partial charge in [0.2, 0.25) is 0 Å². The maximum absolute atomic E-state index is 4.52. The maximum Gasteiger partial charge on any atom is 0.191 e. The van der Waals surface area contributed by atoms with Crippen molar-refractivity contribution in [3.05, 3.63) is 22.7 Å². The first-order valence-electron chi connectivity index (χ1n) is 6.92. The van der Waals surface area contributed by atoms with Crippen LogP contribution in [0.4, 0.5) is 5.13 Å². The lowest BCUT2D eigenvalue weighted by molar-refractivity contribution is 0.715. The van der Waals surface area contributed by atoms with Gasteiger partial charge < -0.3 is 20.1 Å². The quantitative estimate of drug-likeness (QED) is 0.616. The highest BCUT2D eigenvalue weighted by molar-refractivity contribution is 7.13. The molecule has 0 radical (unpaired) electrons. The molecule has 0 aliphatic heterocycles. The molecular formula is C13H22N8S. The van der Waals surface area contributed by atoms with Crippen molar-refractivity contribution in [3.63, 3.8) is 0 Å². The molecule has 0 amide bonds. The molecule has 22 heavy (non-hydrogen) atoms. The van der Waals surface area contributed by atoms with E-state index in [0.717, 1.165) is 22.5 Å². The lowest BCUT2D eigenvalue weighted by Gasteiger charge is -2.11. The Hall–Kier alpha value is -2.16. The Bertz CT molecular complexity index is 642. The van der Waals surface area contributed by atoms with Gasteiger partial charge in [0.05, 0.1) is 18.8 Å². The van der Waals surface area contributed by atoms with Crippen molar-refractivity contribution in [3.8, 4) is 0 Å². The van der Waals surface area contributed by atoms with Gasteiger partial charge in [-0.15, -0.1) is 21.5 Å². The Kier molecular flexibility index (Phi) is 5.31. The molecule has 0 bridgehead atoms. The average molecular weight is 322 g/mol. The van der Waals surface area contributed by atoms with Crippen LogP contribution in [0.2, 0.25) is 0 Å². The molecule has 0 unspecified atom stereocenters. The van der Waals surface area contributed by atoms with Gasteiger partial charge in [0, 0.05) is 33.6 Å². The van der Waals surface area contributed by atoms with Crippen molar-refractivity contribution < 1.29 is 0 Å². The fraction of sp³-hybridized carbons (Fsp3) is 0.538. The third-order valence-corrected chi connectivity index (χ3v) is 4.24. The molecule has 2 N–H and O–H groups in total. The van der Waals surface area contributed by atoms with Crippen LogP contribution in [0.5, 0.6) is 0 Å². The summed E-state index contributed by atoms with van der Waals surface area (Å²) in [6, 6.07) is 0. The number of anilines is 1. The summed E-state index contributed by atoms with van der Waals surface area (Å²) >= 11 is 1.62. The summed E-state index contributed by atoms with van der Waals surface area (Å²) in [7, 11) is 7.66. The minimum Gasteiger partial charge on any atom is -0.354 e. The number of guanidine groups is 1. The number of thiazole rings is 1. The van der Waals surface area contributed by atoms with E-state index < -0.39 is 0 Å². The van der Waals surface area contributed by atoms with Gasteiger partial charge in [-0.2, -0.15) is 0 Å². The summed E-state index contributed by atoms with van der Waals surface area (Å²) in [6.45, 7) is 3.12. The molecule has 2 aromatic heterocycles.